The molecule has 0 amide bonds. The van der Waals surface area contributed by atoms with Crippen LogP contribution in [0.4, 0.5) is 13.2 Å². The van der Waals surface area contributed by atoms with Crippen molar-refractivity contribution in [3.05, 3.63) is 29.8 Å². The number of esters is 1. The van der Waals surface area contributed by atoms with Crippen LogP contribution in [0.5, 0.6) is 5.75 Å². The minimum atomic E-state index is -4.47. The topological polar surface area (TPSA) is 54.0 Å². The number of carbonyl (C=O) groups excluding carboxylic acids is 1. The van der Waals surface area contributed by atoms with Crippen LogP contribution in [0, 0.1) is 11.8 Å². The summed E-state index contributed by atoms with van der Waals surface area (Å²) in [7, 11) is 0. The maximum Gasteiger partial charge on any atom is 0.416 e. The number of halogens is 3. The second-order valence-corrected chi connectivity index (χ2v) is 5.86. The van der Waals surface area contributed by atoms with Crippen LogP contribution in [0.25, 0.3) is 0 Å². The Balaban J connectivity index is 1.88. The van der Waals surface area contributed by atoms with Gasteiger partial charge in [-0.1, -0.05) is 17.9 Å². The van der Waals surface area contributed by atoms with Gasteiger partial charge in [-0.25, -0.2) is 0 Å². The van der Waals surface area contributed by atoms with Crippen molar-refractivity contribution in [1.29, 1.82) is 0 Å². The Morgan fingerprint density at radius 3 is 2.85 bits per heavy atom. The fraction of sp³-hybridized carbons (Fsp3) is 0.526. The van der Waals surface area contributed by atoms with Crippen molar-refractivity contribution in [2.45, 2.75) is 44.8 Å². The molecule has 2 unspecified atom stereocenters. The summed E-state index contributed by atoms with van der Waals surface area (Å²) in [6, 6.07) is 4.45. The second kappa shape index (κ2) is 10.2. The fourth-order valence-electron chi connectivity index (χ4n) is 2.37. The molecule has 1 fully saturated rings. The quantitative estimate of drug-likeness (QED) is 0.553. The summed E-state index contributed by atoms with van der Waals surface area (Å²) in [5.41, 5.74) is -0.823. The molecule has 0 N–H and O–H groups in total. The monoisotopic (exact) mass is 386 g/mol. The third kappa shape index (κ3) is 7.89. The molecule has 1 saturated heterocycles. The predicted molar refractivity (Wildman–Crippen MR) is 89.8 cm³/mol. The molecule has 1 aromatic rings. The molecule has 5 nitrogen and oxygen atoms in total. The molecule has 2 rings (SSSR count). The number of carbonyl (C=O) groups is 1. The van der Waals surface area contributed by atoms with Gasteiger partial charge in [0.05, 0.1) is 5.56 Å². The highest BCUT2D eigenvalue weighted by molar-refractivity contribution is 5.66. The Kier molecular flexibility index (Phi) is 7.95. The highest BCUT2D eigenvalue weighted by Gasteiger charge is 2.30. The van der Waals surface area contributed by atoms with Crippen molar-refractivity contribution in [3.63, 3.8) is 0 Å². The van der Waals surface area contributed by atoms with E-state index in [0.717, 1.165) is 31.4 Å². The molecule has 0 spiro atoms. The van der Waals surface area contributed by atoms with Gasteiger partial charge in [0.1, 0.15) is 19.0 Å². The Morgan fingerprint density at radius 2 is 2.19 bits per heavy atom. The Bertz CT molecular complexity index is 672. The molecule has 1 aromatic carbocycles. The third-order valence-electron chi connectivity index (χ3n) is 3.61. The van der Waals surface area contributed by atoms with Crippen molar-refractivity contribution >= 4 is 5.97 Å². The van der Waals surface area contributed by atoms with Gasteiger partial charge in [-0.05, 0) is 37.5 Å². The minimum absolute atomic E-state index is 0.00985. The summed E-state index contributed by atoms with van der Waals surface area (Å²) in [5.74, 6) is 4.84. The van der Waals surface area contributed by atoms with Gasteiger partial charge in [-0.3, -0.25) is 4.79 Å². The van der Waals surface area contributed by atoms with Gasteiger partial charge in [0.25, 0.3) is 0 Å². The molecule has 0 bridgehead atoms. The van der Waals surface area contributed by atoms with Gasteiger partial charge >= 0.3 is 12.1 Å². The lowest BCUT2D eigenvalue weighted by Crippen LogP contribution is -2.24. The number of alkyl halides is 3. The molecule has 0 saturated carbocycles. The zero-order chi connectivity index (χ0) is 19.7. The van der Waals surface area contributed by atoms with E-state index in [2.05, 4.69) is 11.8 Å². The number of benzene rings is 1. The van der Waals surface area contributed by atoms with Crippen LogP contribution in [0.15, 0.2) is 24.3 Å². The van der Waals surface area contributed by atoms with E-state index in [1.54, 1.807) is 0 Å². The summed E-state index contributed by atoms with van der Waals surface area (Å²) in [5, 5.41) is 0. The first-order chi connectivity index (χ1) is 12.8. The summed E-state index contributed by atoms with van der Waals surface area (Å²) in [4.78, 5) is 11.2. The van der Waals surface area contributed by atoms with E-state index in [9.17, 15) is 18.0 Å². The van der Waals surface area contributed by atoms with Crippen LogP contribution in [0.1, 0.15) is 31.7 Å². The second-order valence-electron chi connectivity index (χ2n) is 5.86. The molecule has 148 valence electrons. The molecule has 8 heteroatoms. The largest absolute Gasteiger partial charge is 0.489 e. The van der Waals surface area contributed by atoms with E-state index in [4.69, 9.17) is 18.9 Å². The summed E-state index contributed by atoms with van der Waals surface area (Å²) < 4.78 is 59.4. The van der Waals surface area contributed by atoms with Crippen LogP contribution in [-0.2, 0) is 25.2 Å². The summed E-state index contributed by atoms with van der Waals surface area (Å²) in [6.45, 7) is 1.75. The van der Waals surface area contributed by atoms with E-state index < -0.39 is 23.8 Å². The number of hydrogen-bond acceptors (Lipinski definition) is 5. The van der Waals surface area contributed by atoms with Crippen molar-refractivity contribution in [1.82, 2.24) is 0 Å². The standard InChI is InChI=1S/C19H21F3O5/c1-14(23)27-17(8-5-11-25-18-9-2-3-10-24-18)13-26-16-7-4-6-15(12-16)19(20,21)22/h4,6-7,12,17-18H,2-3,9-11,13H2,1H3. The van der Waals surface area contributed by atoms with Gasteiger partial charge in [0.2, 0.25) is 0 Å². The molecule has 2 atom stereocenters. The number of rotatable bonds is 6. The minimum Gasteiger partial charge on any atom is -0.489 e. The van der Waals surface area contributed by atoms with Crippen LogP contribution >= 0.6 is 0 Å². The molecule has 0 aromatic heterocycles. The SMILES string of the molecule is CC(=O)OC(C#CCOC1CCCCO1)COc1cccc(C(F)(F)F)c1. The van der Waals surface area contributed by atoms with Gasteiger partial charge in [0.15, 0.2) is 12.4 Å². The summed E-state index contributed by atoms with van der Waals surface area (Å²) >= 11 is 0. The molecular formula is C19H21F3O5. The average molecular weight is 386 g/mol. The fourth-order valence-corrected chi connectivity index (χ4v) is 2.37. The van der Waals surface area contributed by atoms with E-state index in [0.29, 0.717) is 6.61 Å². The van der Waals surface area contributed by atoms with Gasteiger partial charge in [-0.15, -0.1) is 0 Å². The number of ether oxygens (including phenoxy) is 4. The Hall–Kier alpha value is -2.24. The zero-order valence-electron chi connectivity index (χ0n) is 14.9. The predicted octanol–water partition coefficient (Wildman–Crippen LogP) is 3.56. The zero-order valence-corrected chi connectivity index (χ0v) is 14.9. The maximum atomic E-state index is 12.7. The van der Waals surface area contributed by atoms with Gasteiger partial charge < -0.3 is 18.9 Å². The van der Waals surface area contributed by atoms with Crippen molar-refractivity contribution in [2.75, 3.05) is 19.8 Å². The Labute approximate surface area is 155 Å². The molecule has 0 radical (unpaired) electrons. The van der Waals surface area contributed by atoms with E-state index in [-0.39, 0.29) is 25.3 Å². The highest BCUT2D eigenvalue weighted by Crippen LogP contribution is 2.31. The molecular weight excluding hydrogens is 365 g/mol. The molecule has 1 aliphatic heterocycles. The first-order valence-electron chi connectivity index (χ1n) is 8.53. The highest BCUT2D eigenvalue weighted by atomic mass is 19.4. The van der Waals surface area contributed by atoms with Crippen molar-refractivity contribution in [3.8, 4) is 17.6 Å². The van der Waals surface area contributed by atoms with Gasteiger partial charge in [-0.2, -0.15) is 13.2 Å². The molecule has 0 aliphatic carbocycles. The number of hydrogen-bond donors (Lipinski definition) is 0. The first kappa shape index (κ1) is 21.1. The molecule has 27 heavy (non-hydrogen) atoms. The van der Waals surface area contributed by atoms with Crippen LogP contribution < -0.4 is 4.74 Å². The van der Waals surface area contributed by atoms with E-state index in [1.165, 1.54) is 19.1 Å². The lowest BCUT2D eigenvalue weighted by Gasteiger charge is -2.21. The Morgan fingerprint density at radius 1 is 1.37 bits per heavy atom. The van der Waals surface area contributed by atoms with Gasteiger partial charge in [0, 0.05) is 13.5 Å². The lowest BCUT2D eigenvalue weighted by molar-refractivity contribution is -0.154. The average Bonchev–Trinajstić information content (AvgIpc) is 2.63. The van der Waals surface area contributed by atoms with Crippen LogP contribution in [0.2, 0.25) is 0 Å². The molecule has 1 heterocycles. The van der Waals surface area contributed by atoms with Crippen LogP contribution in [0.3, 0.4) is 0 Å². The normalized spacial score (nSPS) is 18.1. The van der Waals surface area contributed by atoms with Crippen molar-refractivity contribution < 1.29 is 36.9 Å². The van der Waals surface area contributed by atoms with E-state index in [1.807, 2.05) is 0 Å². The van der Waals surface area contributed by atoms with E-state index >= 15 is 0 Å². The first-order valence-corrected chi connectivity index (χ1v) is 8.53. The smallest absolute Gasteiger partial charge is 0.416 e. The van der Waals surface area contributed by atoms with Crippen LogP contribution in [-0.4, -0.2) is 38.2 Å². The lowest BCUT2D eigenvalue weighted by atomic mass is 10.2. The van der Waals surface area contributed by atoms with Crippen molar-refractivity contribution in [2.24, 2.45) is 0 Å². The maximum absolute atomic E-state index is 12.7. The third-order valence-corrected chi connectivity index (χ3v) is 3.61. The summed E-state index contributed by atoms with van der Waals surface area (Å²) in [6.07, 6.45) is -2.85. The molecule has 1 aliphatic rings.